The molecule has 0 unspecified atom stereocenters. The summed E-state index contributed by atoms with van der Waals surface area (Å²) in [4.78, 5) is 17.1. The quantitative estimate of drug-likeness (QED) is 0.779. The molecule has 0 saturated carbocycles. The van der Waals surface area contributed by atoms with Gasteiger partial charge in [-0.25, -0.2) is 8.42 Å². The van der Waals surface area contributed by atoms with Gasteiger partial charge in [0.2, 0.25) is 10.0 Å². The molecule has 1 amide bonds. The summed E-state index contributed by atoms with van der Waals surface area (Å²) >= 11 is 0. The van der Waals surface area contributed by atoms with E-state index in [1.807, 2.05) is 18.2 Å². The van der Waals surface area contributed by atoms with Crippen molar-refractivity contribution in [1.29, 1.82) is 0 Å². The number of sulfonamides is 1. The number of carbonyl (C=O) groups excluding carboxylic acids is 1. The minimum absolute atomic E-state index is 0.116. The smallest absolute Gasteiger partial charge is 0.270 e. The number of nitrogens with one attached hydrogen (secondary N) is 1. The Kier molecular flexibility index (Phi) is 6.30. The predicted octanol–water partition coefficient (Wildman–Crippen LogP) is 1.74. The summed E-state index contributed by atoms with van der Waals surface area (Å²) in [7, 11) is -1.88. The summed E-state index contributed by atoms with van der Waals surface area (Å²) in [5.74, 6) is -0.216. The fourth-order valence-corrected chi connectivity index (χ4v) is 4.46. The van der Waals surface area contributed by atoms with Crippen LogP contribution in [0.3, 0.4) is 0 Å². The van der Waals surface area contributed by atoms with E-state index in [4.69, 9.17) is 4.74 Å². The van der Waals surface area contributed by atoms with Crippen LogP contribution in [0.1, 0.15) is 22.5 Å². The average molecular weight is 391 g/mol. The number of aryl methyl sites for hydroxylation is 1. The van der Waals surface area contributed by atoms with Gasteiger partial charge in [0.15, 0.2) is 0 Å². The number of aromatic amines is 1. The van der Waals surface area contributed by atoms with Crippen molar-refractivity contribution in [3.8, 4) is 0 Å². The molecule has 27 heavy (non-hydrogen) atoms. The number of ether oxygens (including phenoxy) is 1. The molecule has 0 aliphatic carbocycles. The highest BCUT2D eigenvalue weighted by Gasteiger charge is 2.28. The maximum atomic E-state index is 12.6. The second-order valence-electron chi connectivity index (χ2n) is 6.58. The van der Waals surface area contributed by atoms with E-state index in [9.17, 15) is 13.2 Å². The molecule has 2 aromatic rings. The average Bonchev–Trinajstić information content (AvgIpc) is 3.20. The maximum Gasteiger partial charge on any atom is 0.270 e. The number of amides is 1. The summed E-state index contributed by atoms with van der Waals surface area (Å²) in [6.45, 7) is 2.03. The first-order valence-electron chi connectivity index (χ1n) is 9.04. The number of hydrogen-bond donors (Lipinski definition) is 1. The first-order chi connectivity index (χ1) is 13.0. The fourth-order valence-electron chi connectivity index (χ4n) is 3.06. The van der Waals surface area contributed by atoms with Gasteiger partial charge < -0.3 is 14.6 Å². The van der Waals surface area contributed by atoms with Gasteiger partial charge in [-0.15, -0.1) is 0 Å². The second kappa shape index (κ2) is 8.69. The van der Waals surface area contributed by atoms with Crippen molar-refractivity contribution in [3.05, 3.63) is 53.9 Å². The lowest BCUT2D eigenvalue weighted by Crippen LogP contribution is -2.40. The molecular formula is C19H25N3O4S. The van der Waals surface area contributed by atoms with Crippen molar-refractivity contribution >= 4 is 15.9 Å². The third-order valence-electron chi connectivity index (χ3n) is 4.64. The first-order valence-corrected chi connectivity index (χ1v) is 10.5. The molecule has 0 spiro atoms. The highest BCUT2D eigenvalue weighted by Crippen LogP contribution is 2.18. The van der Waals surface area contributed by atoms with Gasteiger partial charge in [-0.05, 0) is 24.5 Å². The zero-order chi connectivity index (χ0) is 19.3. The van der Waals surface area contributed by atoms with E-state index in [0.717, 1.165) is 12.8 Å². The molecule has 146 valence electrons. The van der Waals surface area contributed by atoms with Crippen molar-refractivity contribution in [2.45, 2.75) is 17.7 Å². The number of H-pyrrole nitrogens is 1. The topological polar surface area (TPSA) is 82.7 Å². The number of aromatic nitrogens is 1. The zero-order valence-electron chi connectivity index (χ0n) is 15.4. The number of morpholine rings is 1. The van der Waals surface area contributed by atoms with Gasteiger partial charge in [-0.1, -0.05) is 30.3 Å². The Balaban J connectivity index is 1.58. The van der Waals surface area contributed by atoms with Gasteiger partial charge in [-0.2, -0.15) is 4.31 Å². The monoisotopic (exact) mass is 391 g/mol. The van der Waals surface area contributed by atoms with E-state index >= 15 is 0 Å². The third kappa shape index (κ3) is 4.77. The van der Waals surface area contributed by atoms with E-state index < -0.39 is 10.0 Å². The Morgan fingerprint density at radius 3 is 2.63 bits per heavy atom. The minimum Gasteiger partial charge on any atom is -0.379 e. The van der Waals surface area contributed by atoms with Crippen molar-refractivity contribution in [2.24, 2.45) is 0 Å². The van der Waals surface area contributed by atoms with Crippen LogP contribution >= 0.6 is 0 Å². The molecule has 3 rings (SSSR count). The van der Waals surface area contributed by atoms with Crippen LogP contribution in [0.5, 0.6) is 0 Å². The molecule has 1 saturated heterocycles. The molecule has 2 heterocycles. The predicted molar refractivity (Wildman–Crippen MR) is 102 cm³/mol. The maximum absolute atomic E-state index is 12.6. The van der Waals surface area contributed by atoms with Crippen LogP contribution in [0.25, 0.3) is 0 Å². The molecule has 7 nitrogen and oxygen atoms in total. The molecule has 1 aromatic carbocycles. The van der Waals surface area contributed by atoms with Crippen LogP contribution < -0.4 is 0 Å². The molecule has 1 N–H and O–H groups in total. The summed E-state index contributed by atoms with van der Waals surface area (Å²) in [5, 5.41) is 0. The minimum atomic E-state index is -3.60. The number of nitrogens with zero attached hydrogens (tertiary/aromatic N) is 2. The van der Waals surface area contributed by atoms with Crippen LogP contribution in [0.15, 0.2) is 47.5 Å². The van der Waals surface area contributed by atoms with E-state index in [2.05, 4.69) is 17.1 Å². The Labute approximate surface area is 160 Å². The summed E-state index contributed by atoms with van der Waals surface area (Å²) in [6, 6.07) is 11.5. The van der Waals surface area contributed by atoms with Crippen molar-refractivity contribution < 1.29 is 17.9 Å². The van der Waals surface area contributed by atoms with E-state index in [1.165, 1.54) is 22.1 Å². The molecule has 0 bridgehead atoms. The normalized spacial score (nSPS) is 15.6. The standard InChI is InChI=1S/C19H25N3O4S/c1-21(9-5-8-16-6-3-2-4-7-16)19(23)18-14-17(15-20-18)27(24,25)22-10-12-26-13-11-22/h2-4,6-7,14-15,20H,5,8-13H2,1H3. The van der Waals surface area contributed by atoms with Crippen LogP contribution in [0.2, 0.25) is 0 Å². The van der Waals surface area contributed by atoms with Crippen LogP contribution in [0, 0.1) is 0 Å². The van der Waals surface area contributed by atoms with Crippen LogP contribution in [0.4, 0.5) is 0 Å². The lowest BCUT2D eigenvalue weighted by molar-refractivity contribution is 0.0730. The Bertz CT molecular complexity index is 858. The van der Waals surface area contributed by atoms with Gasteiger partial charge in [0.25, 0.3) is 5.91 Å². The molecule has 1 aromatic heterocycles. The van der Waals surface area contributed by atoms with Gasteiger partial charge in [0.05, 0.1) is 13.2 Å². The van der Waals surface area contributed by atoms with Gasteiger partial charge in [0.1, 0.15) is 10.6 Å². The van der Waals surface area contributed by atoms with Crippen molar-refractivity contribution in [3.63, 3.8) is 0 Å². The largest absolute Gasteiger partial charge is 0.379 e. The van der Waals surface area contributed by atoms with Gasteiger partial charge >= 0.3 is 0 Å². The SMILES string of the molecule is CN(CCCc1ccccc1)C(=O)c1cc(S(=O)(=O)N2CCOCC2)c[nH]1. The van der Waals surface area contributed by atoms with Crippen molar-refractivity contribution in [2.75, 3.05) is 39.9 Å². The lowest BCUT2D eigenvalue weighted by Gasteiger charge is -2.25. The number of benzene rings is 1. The van der Waals surface area contributed by atoms with Crippen LogP contribution in [-0.2, 0) is 21.2 Å². The van der Waals surface area contributed by atoms with E-state index in [1.54, 1.807) is 11.9 Å². The molecule has 0 atom stereocenters. The first kappa shape index (κ1) is 19.6. The highest BCUT2D eigenvalue weighted by molar-refractivity contribution is 7.89. The Morgan fingerprint density at radius 2 is 1.93 bits per heavy atom. The molecule has 8 heteroatoms. The highest BCUT2D eigenvalue weighted by atomic mass is 32.2. The number of rotatable bonds is 7. The van der Waals surface area contributed by atoms with Gasteiger partial charge in [-0.3, -0.25) is 4.79 Å². The van der Waals surface area contributed by atoms with Gasteiger partial charge in [0, 0.05) is 32.9 Å². The lowest BCUT2D eigenvalue weighted by atomic mass is 10.1. The number of hydrogen-bond acceptors (Lipinski definition) is 4. The second-order valence-corrected chi connectivity index (χ2v) is 8.52. The molecule has 1 aliphatic heterocycles. The summed E-state index contributed by atoms with van der Waals surface area (Å²) in [5.41, 5.74) is 1.51. The number of carbonyl (C=O) groups is 1. The molecule has 1 fully saturated rings. The van der Waals surface area contributed by atoms with Crippen molar-refractivity contribution in [1.82, 2.24) is 14.2 Å². The van der Waals surface area contributed by atoms with E-state index in [0.29, 0.717) is 32.8 Å². The third-order valence-corrected chi connectivity index (χ3v) is 6.52. The van der Waals surface area contributed by atoms with Crippen LogP contribution in [-0.4, -0.2) is 68.4 Å². The fraction of sp³-hybridized carbons (Fsp3) is 0.421. The Hall–Kier alpha value is -2.16. The summed E-state index contributed by atoms with van der Waals surface area (Å²) < 4.78 is 31.9. The zero-order valence-corrected chi connectivity index (χ0v) is 16.2. The van der Waals surface area contributed by atoms with E-state index in [-0.39, 0.29) is 16.5 Å². The molecular weight excluding hydrogens is 366 g/mol. The Morgan fingerprint density at radius 1 is 1.22 bits per heavy atom. The summed E-state index contributed by atoms with van der Waals surface area (Å²) in [6.07, 6.45) is 3.11. The molecule has 0 radical (unpaired) electrons. The molecule has 1 aliphatic rings.